The van der Waals surface area contributed by atoms with Crippen molar-refractivity contribution < 1.29 is 5.11 Å². The lowest BCUT2D eigenvalue weighted by molar-refractivity contribution is 0.0792. The lowest BCUT2D eigenvalue weighted by Gasteiger charge is -2.37. The minimum absolute atomic E-state index is 0. The van der Waals surface area contributed by atoms with E-state index in [1.807, 2.05) is 11.3 Å². The predicted octanol–water partition coefficient (Wildman–Crippen LogP) is 3.61. The number of aliphatic hydroxyl groups excluding tert-OH is 1. The lowest BCUT2D eigenvalue weighted by Crippen LogP contribution is -2.52. The van der Waals surface area contributed by atoms with Crippen molar-refractivity contribution in [2.75, 3.05) is 50.7 Å². The Morgan fingerprint density at radius 1 is 1.03 bits per heavy atom. The Labute approximate surface area is 213 Å². The molecule has 176 valence electrons. The van der Waals surface area contributed by atoms with Crippen molar-refractivity contribution in [1.82, 2.24) is 15.1 Å². The molecule has 2 saturated heterocycles. The molecule has 3 heterocycles. The summed E-state index contributed by atoms with van der Waals surface area (Å²) in [5, 5.41) is 16.7. The van der Waals surface area contributed by atoms with Crippen molar-refractivity contribution in [2.24, 2.45) is 4.99 Å². The van der Waals surface area contributed by atoms with Crippen LogP contribution in [0.25, 0.3) is 0 Å². The van der Waals surface area contributed by atoms with Gasteiger partial charge < -0.3 is 20.2 Å². The number of rotatable bonds is 6. The fourth-order valence-electron chi connectivity index (χ4n) is 4.27. The van der Waals surface area contributed by atoms with Crippen molar-refractivity contribution in [3.05, 3.63) is 52.9 Å². The molecule has 0 aliphatic carbocycles. The number of nitrogens with zero attached hydrogens (tertiary/aromatic N) is 4. The van der Waals surface area contributed by atoms with Gasteiger partial charge in [0.15, 0.2) is 5.96 Å². The molecule has 0 spiro atoms. The van der Waals surface area contributed by atoms with Gasteiger partial charge >= 0.3 is 0 Å². The number of piperidine rings is 1. The molecule has 2 aliphatic rings. The van der Waals surface area contributed by atoms with Crippen molar-refractivity contribution in [2.45, 2.75) is 39.0 Å². The average Bonchev–Trinajstić information content (AvgIpc) is 3.34. The fourth-order valence-corrected chi connectivity index (χ4v) is 5.05. The highest BCUT2D eigenvalue weighted by Crippen LogP contribution is 2.22. The van der Waals surface area contributed by atoms with Gasteiger partial charge in [0.2, 0.25) is 0 Å². The fraction of sp³-hybridized carbons (Fsp3) is 0.542. The standard InChI is InChI=1S/C24H35N5OS.HI/c1-2-25-24(29-15-13-28(14-16-29)23-4-3-17-31-23)26-18-20-5-7-21(8-6-20)19-27-11-9-22(30)10-12-27;/h3-8,17,22,30H,2,9-16,18-19H2,1H3,(H,25,26);1H. The van der Waals surface area contributed by atoms with Gasteiger partial charge in [-0.05, 0) is 48.4 Å². The van der Waals surface area contributed by atoms with Gasteiger partial charge in [0.1, 0.15) is 0 Å². The highest BCUT2D eigenvalue weighted by Gasteiger charge is 2.20. The average molecular weight is 570 g/mol. The highest BCUT2D eigenvalue weighted by molar-refractivity contribution is 14.0. The van der Waals surface area contributed by atoms with Crippen LogP contribution in [0.1, 0.15) is 30.9 Å². The van der Waals surface area contributed by atoms with Crippen LogP contribution in [0, 0.1) is 0 Å². The second kappa shape index (κ2) is 12.8. The molecule has 0 amide bonds. The normalized spacial score (nSPS) is 18.5. The number of thiophene rings is 1. The van der Waals surface area contributed by atoms with Crippen molar-refractivity contribution in [3.8, 4) is 0 Å². The Balaban J connectivity index is 0.00000289. The number of guanidine groups is 1. The summed E-state index contributed by atoms with van der Waals surface area (Å²) in [4.78, 5) is 12.2. The summed E-state index contributed by atoms with van der Waals surface area (Å²) in [5.41, 5.74) is 2.58. The number of likely N-dealkylation sites (tertiary alicyclic amines) is 1. The van der Waals surface area contributed by atoms with E-state index in [1.54, 1.807) is 0 Å². The first-order valence-corrected chi connectivity index (χ1v) is 12.4. The first kappa shape index (κ1) is 25.3. The van der Waals surface area contributed by atoms with E-state index < -0.39 is 0 Å². The minimum Gasteiger partial charge on any atom is -0.393 e. The molecule has 2 aromatic rings. The zero-order chi connectivity index (χ0) is 21.5. The molecule has 0 saturated carbocycles. The van der Waals surface area contributed by atoms with Gasteiger partial charge in [-0.1, -0.05) is 24.3 Å². The summed E-state index contributed by atoms with van der Waals surface area (Å²) in [7, 11) is 0. The van der Waals surface area contributed by atoms with Crippen LogP contribution >= 0.6 is 35.3 Å². The largest absolute Gasteiger partial charge is 0.393 e. The maximum atomic E-state index is 9.67. The predicted molar refractivity (Wildman–Crippen MR) is 145 cm³/mol. The smallest absolute Gasteiger partial charge is 0.194 e. The van der Waals surface area contributed by atoms with Crippen LogP contribution in [0.5, 0.6) is 0 Å². The van der Waals surface area contributed by atoms with Crippen LogP contribution < -0.4 is 10.2 Å². The van der Waals surface area contributed by atoms with Gasteiger partial charge in [-0.25, -0.2) is 4.99 Å². The van der Waals surface area contributed by atoms with Crippen molar-refractivity contribution >= 4 is 46.3 Å². The first-order valence-electron chi connectivity index (χ1n) is 11.5. The van der Waals surface area contributed by atoms with Gasteiger partial charge in [0, 0.05) is 52.4 Å². The number of aliphatic imine (C=N–C) groups is 1. The number of hydrogen-bond donors (Lipinski definition) is 2. The molecule has 6 nitrogen and oxygen atoms in total. The summed E-state index contributed by atoms with van der Waals surface area (Å²) in [6.07, 6.45) is 1.67. The summed E-state index contributed by atoms with van der Waals surface area (Å²) >= 11 is 1.82. The van der Waals surface area contributed by atoms with E-state index >= 15 is 0 Å². The van der Waals surface area contributed by atoms with E-state index in [0.29, 0.717) is 6.54 Å². The number of aliphatic hydroxyl groups is 1. The lowest BCUT2D eigenvalue weighted by atomic mass is 10.1. The van der Waals surface area contributed by atoms with Crippen LogP contribution in [0.3, 0.4) is 0 Å². The second-order valence-electron chi connectivity index (χ2n) is 8.42. The maximum absolute atomic E-state index is 9.67. The SMILES string of the molecule is CCNC(=NCc1ccc(CN2CCC(O)CC2)cc1)N1CCN(c2cccs2)CC1.I. The Hall–Kier alpha value is -1.36. The molecular weight excluding hydrogens is 533 g/mol. The van der Waals surface area contributed by atoms with Crippen molar-refractivity contribution in [3.63, 3.8) is 0 Å². The Morgan fingerprint density at radius 3 is 2.34 bits per heavy atom. The third kappa shape index (κ3) is 7.07. The molecule has 32 heavy (non-hydrogen) atoms. The minimum atomic E-state index is -0.110. The molecule has 2 aliphatic heterocycles. The van der Waals surface area contributed by atoms with Crippen LogP contribution in [0.15, 0.2) is 46.8 Å². The molecule has 1 aromatic heterocycles. The molecule has 4 rings (SSSR count). The second-order valence-corrected chi connectivity index (χ2v) is 9.35. The van der Waals surface area contributed by atoms with Crippen LogP contribution in [-0.4, -0.2) is 72.8 Å². The number of hydrogen-bond acceptors (Lipinski definition) is 5. The molecular formula is C24H36IN5OS. The maximum Gasteiger partial charge on any atom is 0.194 e. The molecule has 0 bridgehead atoms. The highest BCUT2D eigenvalue weighted by atomic mass is 127. The first-order chi connectivity index (χ1) is 15.2. The number of piperazine rings is 1. The monoisotopic (exact) mass is 569 g/mol. The number of nitrogens with one attached hydrogen (secondary N) is 1. The quantitative estimate of drug-likeness (QED) is 0.317. The zero-order valence-electron chi connectivity index (χ0n) is 18.9. The van der Waals surface area contributed by atoms with Crippen molar-refractivity contribution in [1.29, 1.82) is 0 Å². The Kier molecular flexibility index (Phi) is 10.1. The topological polar surface area (TPSA) is 54.3 Å². The molecule has 2 fully saturated rings. The summed E-state index contributed by atoms with van der Waals surface area (Å²) in [5.74, 6) is 1.02. The molecule has 0 radical (unpaired) electrons. The van der Waals surface area contributed by atoms with E-state index in [9.17, 15) is 5.11 Å². The molecule has 8 heteroatoms. The third-order valence-electron chi connectivity index (χ3n) is 6.13. The van der Waals surface area contributed by atoms with E-state index in [2.05, 4.69) is 68.7 Å². The van der Waals surface area contributed by atoms with Gasteiger partial charge in [-0.2, -0.15) is 0 Å². The summed E-state index contributed by atoms with van der Waals surface area (Å²) < 4.78 is 0. The molecule has 2 N–H and O–H groups in total. The van der Waals surface area contributed by atoms with Crippen LogP contribution in [0.4, 0.5) is 5.00 Å². The van der Waals surface area contributed by atoms with E-state index in [-0.39, 0.29) is 30.1 Å². The molecule has 0 atom stereocenters. The van der Waals surface area contributed by atoms with Gasteiger partial charge in [0.05, 0.1) is 17.6 Å². The van der Waals surface area contributed by atoms with E-state index in [4.69, 9.17) is 4.99 Å². The molecule has 1 aromatic carbocycles. The Bertz CT molecular complexity index is 813. The van der Waals surface area contributed by atoms with E-state index in [0.717, 1.165) is 71.2 Å². The van der Waals surface area contributed by atoms with Crippen LogP contribution in [-0.2, 0) is 13.1 Å². The summed E-state index contributed by atoms with van der Waals surface area (Å²) in [6.45, 7) is 10.7. The van der Waals surface area contributed by atoms with Gasteiger partial charge in [0.25, 0.3) is 0 Å². The van der Waals surface area contributed by atoms with Gasteiger partial charge in [-0.15, -0.1) is 35.3 Å². The number of benzene rings is 1. The zero-order valence-corrected chi connectivity index (χ0v) is 22.1. The van der Waals surface area contributed by atoms with Gasteiger partial charge in [-0.3, -0.25) is 4.90 Å². The number of anilines is 1. The van der Waals surface area contributed by atoms with E-state index in [1.165, 1.54) is 16.1 Å². The third-order valence-corrected chi connectivity index (χ3v) is 7.06. The summed E-state index contributed by atoms with van der Waals surface area (Å²) in [6, 6.07) is 13.2. The Morgan fingerprint density at radius 2 is 1.72 bits per heavy atom. The van der Waals surface area contributed by atoms with Crippen LogP contribution in [0.2, 0.25) is 0 Å². The number of halogens is 1. The molecule has 0 unspecified atom stereocenters.